The molecule has 0 bridgehead atoms. The molecule has 2 heteroatoms. The summed E-state index contributed by atoms with van der Waals surface area (Å²) < 4.78 is 2.61. The number of rotatable bonds is 31. The van der Waals surface area contributed by atoms with E-state index >= 15 is 0 Å². The van der Waals surface area contributed by atoms with Gasteiger partial charge in [0.2, 0.25) is 0 Å². The monoisotopic (exact) mass is 560 g/mol. The second-order valence-corrected chi connectivity index (χ2v) is 13.3. The van der Waals surface area contributed by atoms with Crippen LogP contribution in [-0.2, 0) is 0 Å². The Labute approximate surface area is 253 Å². The number of unbranched alkanes of at least 4 members (excludes halogenated alkanes) is 23. The molecule has 0 radical (unpaired) electrons. The Kier molecular flexibility index (Phi) is 26.4. The maximum atomic E-state index is 3.70. The number of nitrogens with zero attached hydrogens (tertiary/aromatic N) is 1. The molecule has 0 aliphatic carbocycles. The van der Waals surface area contributed by atoms with Crippen LogP contribution in [0.2, 0.25) is 0 Å². The lowest BCUT2D eigenvalue weighted by Gasteiger charge is -2.17. The SMILES string of the molecule is CCCCCCCCCCCCCCCC(C)[n+]1cc[nH]c1C(CCCC)CCCCCCCCCCCCC. The molecule has 0 aliphatic heterocycles. The average molecular weight is 560 g/mol. The van der Waals surface area contributed by atoms with Crippen LogP contribution in [0.3, 0.4) is 0 Å². The lowest BCUT2D eigenvalue weighted by atomic mass is 9.93. The highest BCUT2D eigenvalue weighted by Crippen LogP contribution is 2.27. The molecule has 1 aromatic rings. The molecule has 2 atom stereocenters. The Morgan fingerprint density at radius 2 is 0.825 bits per heavy atom. The molecule has 236 valence electrons. The summed E-state index contributed by atoms with van der Waals surface area (Å²) in [5, 5.41) is 0. The van der Waals surface area contributed by atoms with Gasteiger partial charge in [-0.1, -0.05) is 181 Å². The van der Waals surface area contributed by atoms with Gasteiger partial charge in [-0.05, 0) is 32.6 Å². The van der Waals surface area contributed by atoms with E-state index in [1.807, 2.05) is 0 Å². The smallest absolute Gasteiger partial charge is 0.247 e. The number of aromatic nitrogens is 2. The first-order valence-corrected chi connectivity index (χ1v) is 18.8. The minimum Gasteiger partial charge on any atom is -0.247 e. The Morgan fingerprint density at radius 3 is 1.25 bits per heavy atom. The molecule has 2 unspecified atom stereocenters. The van der Waals surface area contributed by atoms with Crippen molar-refractivity contribution >= 4 is 0 Å². The van der Waals surface area contributed by atoms with Crippen molar-refractivity contribution in [2.24, 2.45) is 0 Å². The summed E-state index contributed by atoms with van der Waals surface area (Å²) in [5.74, 6) is 2.23. The minimum absolute atomic E-state index is 0.621. The molecule has 1 N–H and O–H groups in total. The van der Waals surface area contributed by atoms with E-state index in [9.17, 15) is 0 Å². The fourth-order valence-corrected chi connectivity index (χ4v) is 6.59. The van der Waals surface area contributed by atoms with Crippen LogP contribution in [0.15, 0.2) is 12.4 Å². The van der Waals surface area contributed by atoms with Gasteiger partial charge >= 0.3 is 0 Å². The molecule has 1 aromatic heterocycles. The molecule has 0 aromatic carbocycles. The fraction of sp³-hybridized carbons (Fsp3) is 0.921. The molecule has 0 amide bonds. The molecule has 2 nitrogen and oxygen atoms in total. The van der Waals surface area contributed by atoms with Gasteiger partial charge in [0.1, 0.15) is 12.4 Å². The van der Waals surface area contributed by atoms with E-state index in [4.69, 9.17) is 0 Å². The van der Waals surface area contributed by atoms with Crippen molar-refractivity contribution in [1.29, 1.82) is 0 Å². The summed E-state index contributed by atoms with van der Waals surface area (Å²) >= 11 is 0. The maximum Gasteiger partial charge on any atom is 0.257 e. The fourth-order valence-electron chi connectivity index (χ4n) is 6.59. The molecule has 0 spiro atoms. The van der Waals surface area contributed by atoms with Gasteiger partial charge in [0.25, 0.3) is 5.82 Å². The summed E-state index contributed by atoms with van der Waals surface area (Å²) in [4.78, 5) is 3.70. The van der Waals surface area contributed by atoms with Gasteiger partial charge in [0, 0.05) is 0 Å². The molecule has 0 saturated carbocycles. The number of hydrogen-bond acceptors (Lipinski definition) is 0. The van der Waals surface area contributed by atoms with Gasteiger partial charge in [-0.25, -0.2) is 9.55 Å². The predicted molar refractivity (Wildman–Crippen MR) is 179 cm³/mol. The summed E-state index contributed by atoms with van der Waals surface area (Å²) in [7, 11) is 0. The second-order valence-electron chi connectivity index (χ2n) is 13.3. The first-order chi connectivity index (χ1) is 19.7. The van der Waals surface area contributed by atoms with E-state index in [0.717, 1.165) is 0 Å². The van der Waals surface area contributed by atoms with Crippen LogP contribution in [0.4, 0.5) is 0 Å². The third-order valence-corrected chi connectivity index (χ3v) is 9.39. The first-order valence-electron chi connectivity index (χ1n) is 18.8. The summed E-state index contributed by atoms with van der Waals surface area (Å²) in [5.41, 5.74) is 0. The van der Waals surface area contributed by atoms with Crippen LogP contribution >= 0.6 is 0 Å². The van der Waals surface area contributed by atoms with Crippen LogP contribution < -0.4 is 4.57 Å². The highest BCUT2D eigenvalue weighted by molar-refractivity contribution is 4.90. The van der Waals surface area contributed by atoms with Gasteiger partial charge in [-0.2, -0.15) is 0 Å². The minimum atomic E-state index is 0.621. The zero-order valence-electron chi connectivity index (χ0n) is 28.3. The number of aromatic amines is 1. The molecule has 40 heavy (non-hydrogen) atoms. The van der Waals surface area contributed by atoms with E-state index in [-0.39, 0.29) is 0 Å². The van der Waals surface area contributed by atoms with Gasteiger partial charge < -0.3 is 0 Å². The number of H-pyrrole nitrogens is 1. The largest absolute Gasteiger partial charge is 0.257 e. The van der Waals surface area contributed by atoms with Crippen molar-refractivity contribution in [3.8, 4) is 0 Å². The Bertz CT molecular complexity index is 621. The molecule has 1 heterocycles. The number of nitrogens with one attached hydrogen (secondary N) is 1. The van der Waals surface area contributed by atoms with Crippen LogP contribution in [0, 0.1) is 0 Å². The second kappa shape index (κ2) is 28.3. The Balaban J connectivity index is 2.21. The van der Waals surface area contributed by atoms with Crippen molar-refractivity contribution in [3.63, 3.8) is 0 Å². The van der Waals surface area contributed by atoms with E-state index in [0.29, 0.717) is 12.0 Å². The normalized spacial score (nSPS) is 13.2. The van der Waals surface area contributed by atoms with E-state index < -0.39 is 0 Å². The quantitative estimate of drug-likeness (QED) is 0.0689. The molecule has 0 saturated heterocycles. The summed E-state index contributed by atoms with van der Waals surface area (Å²) in [6, 6.07) is 0.621. The highest BCUT2D eigenvalue weighted by atomic mass is 15.1. The van der Waals surface area contributed by atoms with Gasteiger partial charge in [0.05, 0.1) is 12.0 Å². The number of hydrogen-bond donors (Lipinski definition) is 1. The van der Waals surface area contributed by atoms with Crippen molar-refractivity contribution < 1.29 is 4.57 Å². The third-order valence-electron chi connectivity index (χ3n) is 9.39. The number of imidazole rings is 1. The van der Waals surface area contributed by atoms with Crippen LogP contribution in [0.5, 0.6) is 0 Å². The highest BCUT2D eigenvalue weighted by Gasteiger charge is 2.25. The summed E-state index contributed by atoms with van der Waals surface area (Å²) in [6.45, 7) is 9.42. The average Bonchev–Trinajstić information content (AvgIpc) is 3.46. The Hall–Kier alpha value is -0.790. The van der Waals surface area contributed by atoms with Crippen LogP contribution in [0.25, 0.3) is 0 Å². The van der Waals surface area contributed by atoms with Gasteiger partial charge in [0.15, 0.2) is 0 Å². The van der Waals surface area contributed by atoms with E-state index in [1.165, 1.54) is 192 Å². The van der Waals surface area contributed by atoms with Crippen molar-refractivity contribution in [2.75, 3.05) is 0 Å². The molecular weight excluding hydrogens is 484 g/mol. The molecule has 0 aliphatic rings. The van der Waals surface area contributed by atoms with E-state index in [1.54, 1.807) is 0 Å². The predicted octanol–water partition coefficient (Wildman–Crippen LogP) is 13.3. The van der Waals surface area contributed by atoms with Crippen LogP contribution in [-0.4, -0.2) is 4.98 Å². The maximum absolute atomic E-state index is 3.70. The van der Waals surface area contributed by atoms with Crippen molar-refractivity contribution in [2.45, 2.75) is 226 Å². The molecule has 1 rings (SSSR count). The lowest BCUT2D eigenvalue weighted by molar-refractivity contribution is -0.727. The first kappa shape index (κ1) is 37.2. The zero-order chi connectivity index (χ0) is 28.9. The van der Waals surface area contributed by atoms with Crippen molar-refractivity contribution in [3.05, 3.63) is 18.2 Å². The van der Waals surface area contributed by atoms with Gasteiger partial charge in [-0.15, -0.1) is 0 Å². The van der Waals surface area contributed by atoms with E-state index in [2.05, 4.69) is 49.6 Å². The van der Waals surface area contributed by atoms with Crippen LogP contribution in [0.1, 0.15) is 232 Å². The van der Waals surface area contributed by atoms with Crippen molar-refractivity contribution in [1.82, 2.24) is 4.98 Å². The molecule has 0 fully saturated rings. The van der Waals surface area contributed by atoms with Gasteiger partial charge in [-0.3, -0.25) is 0 Å². The Morgan fingerprint density at radius 1 is 0.475 bits per heavy atom. The molecular formula is C38H75N2+. The topological polar surface area (TPSA) is 19.7 Å². The lowest BCUT2D eigenvalue weighted by Crippen LogP contribution is -2.41. The summed E-state index contributed by atoms with van der Waals surface area (Å²) in [6.07, 6.45) is 45.8. The third kappa shape index (κ3) is 20.1. The standard InChI is InChI=1S/C38H74N2/c1-5-8-11-13-15-17-19-20-22-23-25-27-29-31-36(4)40-35-34-39-38(40)37(32-10-7-3)33-30-28-26-24-21-18-16-14-12-9-6-2/h34-37H,5-33H2,1-4H3/p+1. The zero-order valence-corrected chi connectivity index (χ0v) is 28.3.